The minimum atomic E-state index is -0.315. The molecule has 0 spiro atoms. The van der Waals surface area contributed by atoms with Crippen molar-refractivity contribution in [2.24, 2.45) is 5.92 Å². The van der Waals surface area contributed by atoms with E-state index < -0.39 is 0 Å². The lowest BCUT2D eigenvalue weighted by Gasteiger charge is -2.28. The quantitative estimate of drug-likeness (QED) is 0.858. The van der Waals surface area contributed by atoms with Crippen molar-refractivity contribution in [3.8, 4) is 11.5 Å². The van der Waals surface area contributed by atoms with E-state index in [9.17, 15) is 9.18 Å². The first-order chi connectivity index (χ1) is 13.0. The molecule has 1 aliphatic rings. The van der Waals surface area contributed by atoms with E-state index >= 15 is 0 Å². The summed E-state index contributed by atoms with van der Waals surface area (Å²) in [5.41, 5.74) is 1.43. The molecule has 1 heterocycles. The number of carbonyl (C=O) groups excluding carboxylic acids is 1. The Kier molecular flexibility index (Phi) is 5.84. The van der Waals surface area contributed by atoms with Crippen LogP contribution in [0.3, 0.4) is 0 Å². The van der Waals surface area contributed by atoms with Crippen LogP contribution in [-0.4, -0.2) is 31.2 Å². The second kappa shape index (κ2) is 8.29. The Hall–Kier alpha value is -2.76. The average Bonchev–Trinajstić information content (AvgIpc) is 2.67. The zero-order valence-corrected chi connectivity index (χ0v) is 15.9. The van der Waals surface area contributed by atoms with E-state index in [1.807, 2.05) is 32.0 Å². The van der Waals surface area contributed by atoms with Gasteiger partial charge in [0.1, 0.15) is 19.0 Å². The summed E-state index contributed by atoms with van der Waals surface area (Å²) < 4.78 is 25.1. The minimum Gasteiger partial charge on any atom is -0.486 e. The van der Waals surface area contributed by atoms with Gasteiger partial charge in [0.2, 0.25) is 0 Å². The Balaban J connectivity index is 1.72. The number of nitrogens with zero attached hydrogens (tertiary/aromatic N) is 1. The SMILES string of the molecule is CC(C)C(NC(=O)N(C)Cc1ccccc1F)c1ccc2c(c1)OCCO2. The second-order valence-corrected chi connectivity index (χ2v) is 7.02. The van der Waals surface area contributed by atoms with E-state index in [0.717, 1.165) is 11.3 Å². The maximum Gasteiger partial charge on any atom is 0.317 e. The normalized spacial score (nSPS) is 14.0. The largest absolute Gasteiger partial charge is 0.486 e. The summed E-state index contributed by atoms with van der Waals surface area (Å²) in [7, 11) is 1.66. The number of hydrogen-bond donors (Lipinski definition) is 1. The molecular weight excluding hydrogens is 347 g/mol. The van der Waals surface area contributed by atoms with Crippen LogP contribution < -0.4 is 14.8 Å². The molecule has 3 rings (SSSR count). The Morgan fingerprint density at radius 3 is 2.56 bits per heavy atom. The van der Waals surface area contributed by atoms with Crippen LogP contribution in [0.25, 0.3) is 0 Å². The average molecular weight is 372 g/mol. The summed E-state index contributed by atoms with van der Waals surface area (Å²) in [5, 5.41) is 3.05. The van der Waals surface area contributed by atoms with Gasteiger partial charge in [0.05, 0.1) is 6.04 Å². The highest BCUT2D eigenvalue weighted by Gasteiger charge is 2.23. The summed E-state index contributed by atoms with van der Waals surface area (Å²) in [6.45, 7) is 5.33. The number of benzene rings is 2. The molecule has 1 N–H and O–H groups in total. The number of amides is 2. The highest BCUT2D eigenvalue weighted by atomic mass is 19.1. The topological polar surface area (TPSA) is 50.8 Å². The summed E-state index contributed by atoms with van der Waals surface area (Å²) >= 11 is 0. The van der Waals surface area contributed by atoms with Gasteiger partial charge in [0.15, 0.2) is 11.5 Å². The Morgan fingerprint density at radius 2 is 1.85 bits per heavy atom. The molecule has 0 saturated carbocycles. The summed E-state index contributed by atoms with van der Waals surface area (Å²) in [4.78, 5) is 14.2. The molecule has 2 aromatic carbocycles. The van der Waals surface area contributed by atoms with E-state index in [0.29, 0.717) is 24.5 Å². The Bertz CT molecular complexity index is 810. The van der Waals surface area contributed by atoms with Crippen LogP contribution in [0, 0.1) is 11.7 Å². The molecule has 0 radical (unpaired) electrons. The molecular formula is C21H25FN2O3. The van der Waals surface area contributed by atoms with Crippen molar-refractivity contribution in [1.82, 2.24) is 10.2 Å². The third kappa shape index (κ3) is 4.51. The van der Waals surface area contributed by atoms with Crippen LogP contribution >= 0.6 is 0 Å². The standard InChI is InChI=1S/C21H25FN2O3/c1-14(2)20(15-8-9-18-19(12-15)27-11-10-26-18)23-21(25)24(3)13-16-6-4-5-7-17(16)22/h4-9,12,14,20H,10-11,13H2,1-3H3,(H,23,25). The molecule has 6 heteroatoms. The summed E-state index contributed by atoms with van der Waals surface area (Å²) in [6, 6.07) is 11.7. The van der Waals surface area contributed by atoms with Gasteiger partial charge in [0, 0.05) is 19.2 Å². The highest BCUT2D eigenvalue weighted by Crippen LogP contribution is 2.34. The van der Waals surface area contributed by atoms with Gasteiger partial charge >= 0.3 is 6.03 Å². The smallest absolute Gasteiger partial charge is 0.317 e. The molecule has 0 aliphatic carbocycles. The van der Waals surface area contributed by atoms with Crippen LogP contribution in [-0.2, 0) is 6.54 Å². The lowest BCUT2D eigenvalue weighted by Crippen LogP contribution is -2.40. The lowest BCUT2D eigenvalue weighted by molar-refractivity contribution is 0.171. The fourth-order valence-corrected chi connectivity index (χ4v) is 3.09. The predicted octanol–water partition coefficient (Wildman–Crippen LogP) is 4.14. The third-order valence-electron chi connectivity index (χ3n) is 4.58. The van der Waals surface area contributed by atoms with Gasteiger partial charge in [-0.15, -0.1) is 0 Å². The molecule has 1 atom stereocenters. The fourth-order valence-electron chi connectivity index (χ4n) is 3.09. The van der Waals surface area contributed by atoms with Crippen LogP contribution in [0.2, 0.25) is 0 Å². The van der Waals surface area contributed by atoms with Crippen molar-refractivity contribution < 1.29 is 18.7 Å². The van der Waals surface area contributed by atoms with Gasteiger partial charge in [-0.3, -0.25) is 0 Å². The lowest BCUT2D eigenvalue weighted by atomic mass is 9.95. The number of ether oxygens (including phenoxy) is 2. The molecule has 0 saturated heterocycles. The van der Waals surface area contributed by atoms with Crippen molar-refractivity contribution in [1.29, 1.82) is 0 Å². The van der Waals surface area contributed by atoms with Crippen molar-refractivity contribution in [2.45, 2.75) is 26.4 Å². The van der Waals surface area contributed by atoms with Crippen LogP contribution in [0.1, 0.15) is 31.0 Å². The van der Waals surface area contributed by atoms with Gasteiger partial charge in [0.25, 0.3) is 0 Å². The van der Waals surface area contributed by atoms with Crippen molar-refractivity contribution in [3.05, 3.63) is 59.4 Å². The molecule has 0 bridgehead atoms. The number of rotatable bonds is 5. The summed E-state index contributed by atoms with van der Waals surface area (Å²) in [5.74, 6) is 1.26. The number of carbonyl (C=O) groups is 1. The minimum absolute atomic E-state index is 0.165. The van der Waals surface area contributed by atoms with E-state index in [1.165, 1.54) is 11.0 Å². The monoisotopic (exact) mass is 372 g/mol. The zero-order valence-electron chi connectivity index (χ0n) is 15.9. The Labute approximate surface area is 159 Å². The zero-order chi connectivity index (χ0) is 19.4. The molecule has 5 nitrogen and oxygen atoms in total. The number of urea groups is 1. The van der Waals surface area contributed by atoms with E-state index in [4.69, 9.17) is 9.47 Å². The van der Waals surface area contributed by atoms with Crippen LogP contribution in [0.4, 0.5) is 9.18 Å². The Morgan fingerprint density at radius 1 is 1.15 bits per heavy atom. The number of nitrogens with one attached hydrogen (secondary N) is 1. The number of halogens is 1. The third-order valence-corrected chi connectivity index (χ3v) is 4.58. The van der Waals surface area contributed by atoms with Crippen molar-refractivity contribution in [3.63, 3.8) is 0 Å². The molecule has 1 aliphatic heterocycles. The maximum absolute atomic E-state index is 13.8. The van der Waals surface area contributed by atoms with E-state index in [-0.39, 0.29) is 30.4 Å². The van der Waals surface area contributed by atoms with Gasteiger partial charge < -0.3 is 19.7 Å². The second-order valence-electron chi connectivity index (χ2n) is 7.02. The van der Waals surface area contributed by atoms with Crippen molar-refractivity contribution >= 4 is 6.03 Å². The van der Waals surface area contributed by atoms with E-state index in [2.05, 4.69) is 5.32 Å². The van der Waals surface area contributed by atoms with Gasteiger partial charge in [-0.05, 0) is 29.7 Å². The molecule has 2 amide bonds. The molecule has 144 valence electrons. The first-order valence-corrected chi connectivity index (χ1v) is 9.10. The van der Waals surface area contributed by atoms with Gasteiger partial charge in [-0.25, -0.2) is 9.18 Å². The maximum atomic E-state index is 13.8. The van der Waals surface area contributed by atoms with E-state index in [1.54, 1.807) is 25.2 Å². The summed E-state index contributed by atoms with van der Waals surface area (Å²) in [6.07, 6.45) is 0. The van der Waals surface area contributed by atoms with Gasteiger partial charge in [-0.2, -0.15) is 0 Å². The van der Waals surface area contributed by atoms with Gasteiger partial charge in [-0.1, -0.05) is 38.1 Å². The molecule has 1 unspecified atom stereocenters. The first kappa shape index (κ1) is 19.0. The fraction of sp³-hybridized carbons (Fsp3) is 0.381. The highest BCUT2D eigenvalue weighted by molar-refractivity contribution is 5.74. The molecule has 2 aromatic rings. The number of fused-ring (bicyclic) bond motifs is 1. The van der Waals surface area contributed by atoms with Crippen molar-refractivity contribution in [2.75, 3.05) is 20.3 Å². The molecule has 0 aromatic heterocycles. The number of hydrogen-bond acceptors (Lipinski definition) is 3. The van der Waals surface area contributed by atoms with Crippen LogP contribution in [0.5, 0.6) is 11.5 Å². The van der Waals surface area contributed by atoms with Crippen LogP contribution in [0.15, 0.2) is 42.5 Å². The molecule has 27 heavy (non-hydrogen) atoms. The predicted molar refractivity (Wildman–Crippen MR) is 101 cm³/mol. The molecule has 0 fully saturated rings. The first-order valence-electron chi connectivity index (χ1n) is 9.10.